The molecule has 3 N–H and O–H groups in total. The summed E-state index contributed by atoms with van der Waals surface area (Å²) in [6.07, 6.45) is 7.93. The van der Waals surface area contributed by atoms with E-state index in [2.05, 4.69) is 30.3 Å². The number of aliphatic imine (C=N–C) groups is 1. The minimum Gasteiger partial charge on any atom is -0.439 e. The molecular weight excluding hydrogens is 695 g/mol. The first kappa shape index (κ1) is 36.9. The second-order valence-electron chi connectivity index (χ2n) is 12.4. The van der Waals surface area contributed by atoms with Crippen molar-refractivity contribution >= 4 is 35.1 Å². The number of rotatable bonds is 13. The van der Waals surface area contributed by atoms with Crippen molar-refractivity contribution in [3.8, 4) is 10.6 Å². The maximum atomic E-state index is 14.7. The first-order valence-corrected chi connectivity index (χ1v) is 18.0. The van der Waals surface area contributed by atoms with Crippen LogP contribution in [-0.4, -0.2) is 87.8 Å². The molecule has 0 spiro atoms. The van der Waals surface area contributed by atoms with Gasteiger partial charge in [-0.25, -0.2) is 23.8 Å². The van der Waals surface area contributed by atoms with Crippen molar-refractivity contribution in [2.45, 2.75) is 58.0 Å². The van der Waals surface area contributed by atoms with E-state index in [1.807, 2.05) is 19.1 Å². The number of amides is 1. The zero-order valence-electron chi connectivity index (χ0n) is 28.7. The zero-order valence-corrected chi connectivity index (χ0v) is 29.5. The molecule has 52 heavy (non-hydrogen) atoms. The molecule has 1 amide bonds. The van der Waals surface area contributed by atoms with Gasteiger partial charge in [-0.05, 0) is 62.4 Å². The summed E-state index contributed by atoms with van der Waals surface area (Å²) in [6, 6.07) is 9.05. The SMILES string of the molecule is CCOC1CCC(N=C/C(NC(=O)c2csc(-c3cnn(COC(=O)c4ccc(CN5CCOCC5)cc4)c3)n2)=C(\N)c2nc(F)ccc2F)CC1. The average molecular weight is 735 g/mol. The molecule has 13 nitrogen and oxygen atoms in total. The number of hydrogen-bond acceptors (Lipinski definition) is 12. The van der Waals surface area contributed by atoms with E-state index in [-0.39, 0.29) is 36.0 Å². The van der Waals surface area contributed by atoms with Crippen molar-refractivity contribution in [1.82, 2.24) is 30.0 Å². The molecule has 0 radical (unpaired) electrons. The van der Waals surface area contributed by atoms with Crippen LogP contribution >= 0.6 is 11.3 Å². The minimum absolute atomic E-state index is 0.0372. The Balaban J connectivity index is 1.08. The van der Waals surface area contributed by atoms with E-state index in [0.29, 0.717) is 22.7 Å². The molecule has 1 aliphatic heterocycles. The van der Waals surface area contributed by atoms with Gasteiger partial charge in [-0.3, -0.25) is 14.7 Å². The Morgan fingerprint density at radius 3 is 2.62 bits per heavy atom. The summed E-state index contributed by atoms with van der Waals surface area (Å²) >= 11 is 1.20. The smallest absolute Gasteiger partial charge is 0.339 e. The van der Waals surface area contributed by atoms with Crippen molar-refractivity contribution in [3.05, 3.63) is 94.1 Å². The highest BCUT2D eigenvalue weighted by Crippen LogP contribution is 2.25. The highest BCUT2D eigenvalue weighted by atomic mass is 32.1. The van der Waals surface area contributed by atoms with Gasteiger partial charge in [0.1, 0.15) is 16.4 Å². The van der Waals surface area contributed by atoms with Crippen LogP contribution in [0.15, 0.2) is 64.9 Å². The molecule has 1 saturated heterocycles. The predicted molar refractivity (Wildman–Crippen MR) is 190 cm³/mol. The number of nitrogens with zero attached hydrogens (tertiary/aromatic N) is 6. The monoisotopic (exact) mass is 734 g/mol. The van der Waals surface area contributed by atoms with E-state index in [1.54, 1.807) is 29.9 Å². The van der Waals surface area contributed by atoms with Gasteiger partial charge >= 0.3 is 5.97 Å². The topological polar surface area (TPSA) is 159 Å². The second kappa shape index (κ2) is 17.5. The van der Waals surface area contributed by atoms with Crippen LogP contribution in [0, 0.1) is 11.8 Å². The van der Waals surface area contributed by atoms with Crippen molar-refractivity contribution in [1.29, 1.82) is 0 Å². The third kappa shape index (κ3) is 9.70. The lowest BCUT2D eigenvalue weighted by atomic mass is 9.93. The summed E-state index contributed by atoms with van der Waals surface area (Å²) in [4.78, 5) is 41.0. The first-order chi connectivity index (χ1) is 25.2. The van der Waals surface area contributed by atoms with Crippen molar-refractivity contribution in [2.24, 2.45) is 10.7 Å². The van der Waals surface area contributed by atoms with E-state index in [1.165, 1.54) is 22.2 Å². The van der Waals surface area contributed by atoms with Crippen LogP contribution in [0.5, 0.6) is 0 Å². The Morgan fingerprint density at radius 1 is 1.10 bits per heavy atom. The Hall–Kier alpha value is -4.90. The summed E-state index contributed by atoms with van der Waals surface area (Å²) in [7, 11) is 0. The molecule has 2 aliphatic rings. The Kier molecular flexibility index (Phi) is 12.4. The Labute approximate surface area is 303 Å². The van der Waals surface area contributed by atoms with Crippen LogP contribution in [0.4, 0.5) is 8.78 Å². The van der Waals surface area contributed by atoms with Gasteiger partial charge in [0.25, 0.3) is 5.91 Å². The number of nitrogens with two attached hydrogens (primary N) is 1. The molecule has 0 atom stereocenters. The third-order valence-electron chi connectivity index (χ3n) is 8.71. The molecule has 1 aromatic carbocycles. The second-order valence-corrected chi connectivity index (χ2v) is 13.2. The summed E-state index contributed by atoms with van der Waals surface area (Å²) in [6.45, 7) is 6.46. The van der Waals surface area contributed by atoms with Gasteiger partial charge in [0.2, 0.25) is 5.95 Å². The highest BCUT2D eigenvalue weighted by molar-refractivity contribution is 7.13. The number of benzene rings is 1. The van der Waals surface area contributed by atoms with Crippen LogP contribution in [-0.2, 0) is 27.5 Å². The predicted octanol–water partition coefficient (Wildman–Crippen LogP) is 4.80. The number of hydrogen-bond donors (Lipinski definition) is 2. The molecule has 4 heterocycles. The molecule has 1 saturated carbocycles. The van der Waals surface area contributed by atoms with Gasteiger partial charge < -0.3 is 25.3 Å². The standard InChI is InChI=1S/C36H40F2N8O5S/c1-2-50-27-9-7-26(8-10-27)40-18-29(32(39)33-28(37)11-12-31(38)44-33)42-34(47)30-21-52-35(43-30)25-17-41-46(20-25)22-51-36(48)24-5-3-23(4-6-24)19-45-13-15-49-16-14-45/h3-6,11-12,17-18,20-21,26-27H,2,7-10,13-16,19,22,39H2,1H3,(H,42,47)/b32-29+,40-18?. The van der Waals surface area contributed by atoms with Crippen molar-refractivity contribution in [2.75, 3.05) is 32.9 Å². The summed E-state index contributed by atoms with van der Waals surface area (Å²) in [5.41, 5.74) is 7.66. The van der Waals surface area contributed by atoms with Gasteiger partial charge in [0, 0.05) is 49.6 Å². The van der Waals surface area contributed by atoms with Crippen LogP contribution in [0.3, 0.4) is 0 Å². The van der Waals surface area contributed by atoms with E-state index in [9.17, 15) is 18.4 Å². The summed E-state index contributed by atoms with van der Waals surface area (Å²) in [5, 5.41) is 8.95. The summed E-state index contributed by atoms with van der Waals surface area (Å²) < 4.78 is 46.6. The maximum absolute atomic E-state index is 14.7. The molecule has 4 aromatic rings. The number of morpholine rings is 1. The average Bonchev–Trinajstić information content (AvgIpc) is 3.85. The molecular formula is C36H40F2N8O5S. The molecule has 0 unspecified atom stereocenters. The van der Waals surface area contributed by atoms with Gasteiger partial charge in [0.05, 0.1) is 48.5 Å². The van der Waals surface area contributed by atoms with Crippen LogP contribution < -0.4 is 11.1 Å². The number of aromatic nitrogens is 4. The molecule has 16 heteroatoms. The lowest BCUT2D eigenvalue weighted by Crippen LogP contribution is -2.35. The van der Waals surface area contributed by atoms with Crippen molar-refractivity contribution < 1.29 is 32.6 Å². The molecule has 2 fully saturated rings. The number of carbonyl (C=O) groups is 2. The van der Waals surface area contributed by atoms with E-state index in [4.69, 9.17) is 19.9 Å². The fourth-order valence-electron chi connectivity index (χ4n) is 5.89. The van der Waals surface area contributed by atoms with Crippen LogP contribution in [0.2, 0.25) is 0 Å². The molecule has 0 bridgehead atoms. The highest BCUT2D eigenvalue weighted by Gasteiger charge is 2.22. The van der Waals surface area contributed by atoms with Gasteiger partial charge in [-0.2, -0.15) is 9.49 Å². The fraction of sp³-hybridized carbons (Fsp3) is 0.389. The number of thiazole rings is 1. The molecule has 3 aromatic heterocycles. The number of ether oxygens (including phenoxy) is 3. The number of carbonyl (C=O) groups excluding carboxylic acids is 2. The normalized spacial score (nSPS) is 18.7. The maximum Gasteiger partial charge on any atom is 0.339 e. The molecule has 1 aliphatic carbocycles. The van der Waals surface area contributed by atoms with Crippen LogP contribution in [0.25, 0.3) is 16.3 Å². The van der Waals surface area contributed by atoms with Crippen molar-refractivity contribution in [3.63, 3.8) is 0 Å². The Bertz CT molecular complexity index is 1900. The summed E-state index contributed by atoms with van der Waals surface area (Å²) in [5.74, 6) is -2.90. The number of nitrogens with one attached hydrogen (secondary N) is 1. The lowest BCUT2D eigenvalue weighted by molar-refractivity contribution is 0.0334. The lowest BCUT2D eigenvalue weighted by Gasteiger charge is -2.26. The van der Waals surface area contributed by atoms with Gasteiger partial charge in [-0.1, -0.05) is 12.1 Å². The number of esters is 1. The fourth-order valence-corrected chi connectivity index (χ4v) is 6.67. The quantitative estimate of drug-likeness (QED) is 0.111. The van der Waals surface area contributed by atoms with Gasteiger partial charge in [0.15, 0.2) is 12.5 Å². The number of pyridine rings is 1. The first-order valence-electron chi connectivity index (χ1n) is 17.1. The minimum atomic E-state index is -0.926. The Morgan fingerprint density at radius 2 is 1.87 bits per heavy atom. The van der Waals surface area contributed by atoms with E-state index in [0.717, 1.165) is 76.2 Å². The zero-order chi connectivity index (χ0) is 36.5. The number of allylic oxidation sites excluding steroid dienone is 1. The third-order valence-corrected chi connectivity index (χ3v) is 9.60. The van der Waals surface area contributed by atoms with Gasteiger partial charge in [-0.15, -0.1) is 11.3 Å². The van der Waals surface area contributed by atoms with E-state index < -0.39 is 29.3 Å². The van der Waals surface area contributed by atoms with E-state index >= 15 is 0 Å². The number of halogens is 2. The van der Waals surface area contributed by atoms with Crippen LogP contribution in [0.1, 0.15) is 64.7 Å². The molecule has 6 rings (SSSR count). The largest absolute Gasteiger partial charge is 0.439 e. The molecule has 274 valence electrons.